The summed E-state index contributed by atoms with van der Waals surface area (Å²) in [4.78, 5) is 11.5. The Morgan fingerprint density at radius 1 is 1.20 bits per heavy atom. The molecule has 20 heavy (non-hydrogen) atoms. The molecule has 0 radical (unpaired) electrons. The predicted molar refractivity (Wildman–Crippen MR) is 81.5 cm³/mol. The lowest BCUT2D eigenvalue weighted by atomic mass is 10.2. The lowest BCUT2D eigenvalue weighted by Crippen LogP contribution is -2.36. The van der Waals surface area contributed by atoms with Crippen LogP contribution in [-0.2, 0) is 18.4 Å². The van der Waals surface area contributed by atoms with Crippen LogP contribution in [0.4, 0.5) is 0 Å². The lowest BCUT2D eigenvalue weighted by Gasteiger charge is -2.22. The second-order valence-corrected chi connectivity index (χ2v) is 8.14. The fourth-order valence-corrected chi connectivity index (χ4v) is 2.99. The maximum atomic E-state index is 11.5. The van der Waals surface area contributed by atoms with Gasteiger partial charge in [0.25, 0.3) is 0 Å². The van der Waals surface area contributed by atoms with Gasteiger partial charge in [0.2, 0.25) is 0 Å². The molecule has 0 saturated heterocycles. The summed E-state index contributed by atoms with van der Waals surface area (Å²) in [6, 6.07) is 10.4. The van der Waals surface area contributed by atoms with E-state index in [1.54, 1.807) is 20.3 Å². The van der Waals surface area contributed by atoms with Crippen molar-refractivity contribution in [1.29, 1.82) is 0 Å². The topological polar surface area (TPSA) is 44.8 Å². The summed E-state index contributed by atoms with van der Waals surface area (Å²) in [7, 11) is 1.26. The zero-order valence-electron chi connectivity index (χ0n) is 12.3. The minimum absolute atomic E-state index is 0.327. The van der Waals surface area contributed by atoms with Crippen molar-refractivity contribution in [2.24, 2.45) is 0 Å². The SMILES string of the molecule is CO[Si](C)(CCCOC(=O)C=Cc1ccccc1)OC. The number of carbonyl (C=O) groups excluding carboxylic acids is 1. The maximum absolute atomic E-state index is 11.5. The van der Waals surface area contributed by atoms with Crippen molar-refractivity contribution >= 4 is 20.6 Å². The van der Waals surface area contributed by atoms with Gasteiger partial charge in [0.15, 0.2) is 0 Å². The van der Waals surface area contributed by atoms with Gasteiger partial charge >= 0.3 is 14.5 Å². The van der Waals surface area contributed by atoms with Crippen LogP contribution >= 0.6 is 0 Å². The number of hydrogen-bond acceptors (Lipinski definition) is 4. The predicted octanol–water partition coefficient (Wildman–Crippen LogP) is 3.00. The molecule has 0 amide bonds. The Bertz CT molecular complexity index is 427. The van der Waals surface area contributed by atoms with Gasteiger partial charge in [0, 0.05) is 20.3 Å². The van der Waals surface area contributed by atoms with E-state index in [0.29, 0.717) is 6.61 Å². The summed E-state index contributed by atoms with van der Waals surface area (Å²) in [6.07, 6.45) is 3.93. The summed E-state index contributed by atoms with van der Waals surface area (Å²) in [5, 5.41) is 0. The highest BCUT2D eigenvalue weighted by atomic mass is 28.4. The van der Waals surface area contributed by atoms with Crippen LogP contribution < -0.4 is 0 Å². The fraction of sp³-hybridized carbons (Fsp3) is 0.400. The molecule has 0 fully saturated rings. The standard InChI is InChI=1S/C15H22O4Si/c1-17-20(3,18-2)13-7-12-19-15(16)11-10-14-8-5-4-6-9-14/h4-6,8-11H,7,12-13H2,1-3H3. The summed E-state index contributed by atoms with van der Waals surface area (Å²) in [6.45, 7) is 2.37. The fourth-order valence-electron chi connectivity index (χ4n) is 1.63. The first-order valence-corrected chi connectivity index (χ1v) is 9.12. The second kappa shape index (κ2) is 8.68. The number of esters is 1. The van der Waals surface area contributed by atoms with E-state index >= 15 is 0 Å². The Kier molecular flexibility index (Phi) is 7.21. The molecule has 1 rings (SSSR count). The molecule has 0 spiro atoms. The van der Waals surface area contributed by atoms with Gasteiger partial charge in [-0.3, -0.25) is 0 Å². The molecule has 0 aliphatic rings. The van der Waals surface area contributed by atoms with E-state index in [4.69, 9.17) is 13.6 Å². The van der Waals surface area contributed by atoms with E-state index in [0.717, 1.165) is 18.0 Å². The molecular formula is C15H22O4Si. The van der Waals surface area contributed by atoms with Gasteiger partial charge in [-0.1, -0.05) is 30.3 Å². The van der Waals surface area contributed by atoms with Gasteiger partial charge in [-0.2, -0.15) is 0 Å². The summed E-state index contributed by atoms with van der Waals surface area (Å²) in [5.41, 5.74) is 0.975. The van der Waals surface area contributed by atoms with Gasteiger partial charge in [-0.15, -0.1) is 0 Å². The van der Waals surface area contributed by atoms with Gasteiger partial charge in [-0.05, 0) is 30.7 Å². The average Bonchev–Trinajstić information content (AvgIpc) is 2.50. The van der Waals surface area contributed by atoms with Gasteiger partial charge < -0.3 is 13.6 Å². The number of ether oxygens (including phenoxy) is 1. The Labute approximate surface area is 121 Å². The molecule has 0 saturated carbocycles. The zero-order chi connectivity index (χ0) is 14.8. The third-order valence-electron chi connectivity index (χ3n) is 3.09. The smallest absolute Gasteiger partial charge is 0.334 e. The van der Waals surface area contributed by atoms with E-state index in [-0.39, 0.29) is 5.97 Å². The summed E-state index contributed by atoms with van der Waals surface area (Å²) >= 11 is 0. The molecule has 110 valence electrons. The third kappa shape index (κ3) is 6.14. The van der Waals surface area contributed by atoms with Crippen molar-refractivity contribution in [3.8, 4) is 0 Å². The first kappa shape index (κ1) is 16.6. The molecule has 4 nitrogen and oxygen atoms in total. The quantitative estimate of drug-likeness (QED) is 0.320. The molecule has 0 aliphatic heterocycles. The van der Waals surface area contributed by atoms with Crippen LogP contribution in [0.25, 0.3) is 6.08 Å². The normalized spacial score (nSPS) is 11.8. The van der Waals surface area contributed by atoms with Crippen molar-refractivity contribution in [2.75, 3.05) is 20.8 Å². The monoisotopic (exact) mass is 294 g/mol. The van der Waals surface area contributed by atoms with Crippen molar-refractivity contribution in [1.82, 2.24) is 0 Å². The molecule has 1 aromatic rings. The zero-order valence-corrected chi connectivity index (χ0v) is 13.3. The van der Waals surface area contributed by atoms with Crippen LogP contribution in [0.15, 0.2) is 36.4 Å². The highest BCUT2D eigenvalue weighted by Crippen LogP contribution is 2.13. The summed E-state index contributed by atoms with van der Waals surface area (Å²) in [5.74, 6) is -0.327. The van der Waals surface area contributed by atoms with Crippen LogP contribution in [0.1, 0.15) is 12.0 Å². The molecule has 0 aromatic heterocycles. The molecule has 0 unspecified atom stereocenters. The van der Waals surface area contributed by atoms with Crippen molar-refractivity contribution in [3.05, 3.63) is 42.0 Å². The number of rotatable bonds is 8. The van der Waals surface area contributed by atoms with Crippen LogP contribution in [0, 0.1) is 0 Å². The van der Waals surface area contributed by atoms with E-state index in [1.807, 2.05) is 36.9 Å². The van der Waals surface area contributed by atoms with E-state index in [2.05, 4.69) is 0 Å². The largest absolute Gasteiger partial charge is 0.463 e. The highest BCUT2D eigenvalue weighted by molar-refractivity contribution is 6.65. The number of carbonyl (C=O) groups is 1. The first-order chi connectivity index (χ1) is 9.59. The Morgan fingerprint density at radius 3 is 2.45 bits per heavy atom. The van der Waals surface area contributed by atoms with Crippen LogP contribution in [0.3, 0.4) is 0 Å². The molecule has 0 N–H and O–H groups in total. The minimum Gasteiger partial charge on any atom is -0.463 e. The molecule has 0 aliphatic carbocycles. The Morgan fingerprint density at radius 2 is 1.85 bits per heavy atom. The van der Waals surface area contributed by atoms with Crippen LogP contribution in [0.5, 0.6) is 0 Å². The average molecular weight is 294 g/mol. The maximum Gasteiger partial charge on any atom is 0.334 e. The van der Waals surface area contributed by atoms with Crippen LogP contribution in [-0.4, -0.2) is 35.4 Å². The van der Waals surface area contributed by atoms with Gasteiger partial charge in [-0.25, -0.2) is 4.79 Å². The molecule has 1 aromatic carbocycles. The molecular weight excluding hydrogens is 272 g/mol. The lowest BCUT2D eigenvalue weighted by molar-refractivity contribution is -0.137. The van der Waals surface area contributed by atoms with Gasteiger partial charge in [0.1, 0.15) is 0 Å². The van der Waals surface area contributed by atoms with Crippen molar-refractivity contribution in [2.45, 2.75) is 19.0 Å². The molecule has 0 heterocycles. The number of hydrogen-bond donors (Lipinski definition) is 0. The Balaban J connectivity index is 2.26. The minimum atomic E-state index is -2.05. The summed E-state index contributed by atoms with van der Waals surface area (Å²) < 4.78 is 15.9. The molecule has 5 heteroatoms. The third-order valence-corrected chi connectivity index (χ3v) is 6.08. The van der Waals surface area contributed by atoms with E-state index in [1.165, 1.54) is 6.08 Å². The Hall–Kier alpha value is -1.43. The first-order valence-electron chi connectivity index (χ1n) is 6.60. The number of benzene rings is 1. The molecule has 0 atom stereocenters. The molecule has 0 bridgehead atoms. The van der Waals surface area contributed by atoms with Crippen LogP contribution in [0.2, 0.25) is 12.6 Å². The second-order valence-electron chi connectivity index (χ2n) is 4.56. The van der Waals surface area contributed by atoms with E-state index in [9.17, 15) is 4.79 Å². The van der Waals surface area contributed by atoms with Gasteiger partial charge in [0.05, 0.1) is 6.61 Å². The van der Waals surface area contributed by atoms with Crippen molar-refractivity contribution in [3.63, 3.8) is 0 Å². The van der Waals surface area contributed by atoms with E-state index < -0.39 is 8.56 Å². The van der Waals surface area contributed by atoms with Crippen molar-refractivity contribution < 1.29 is 18.4 Å². The highest BCUT2D eigenvalue weighted by Gasteiger charge is 2.27.